The summed E-state index contributed by atoms with van der Waals surface area (Å²) in [5.74, 6) is -1.33. The van der Waals surface area contributed by atoms with Crippen LogP contribution in [0.15, 0.2) is 48.5 Å². The molecule has 2 aromatic rings. The Bertz CT molecular complexity index is 758. The van der Waals surface area contributed by atoms with E-state index in [0.29, 0.717) is 5.56 Å². The van der Waals surface area contributed by atoms with E-state index in [2.05, 4.69) is 10.9 Å². The van der Waals surface area contributed by atoms with Crippen molar-refractivity contribution in [1.29, 1.82) is 0 Å². The molecule has 0 aliphatic rings. The van der Waals surface area contributed by atoms with Crippen molar-refractivity contribution >= 4 is 11.8 Å². The molecule has 0 atom stereocenters. The number of benzene rings is 2. The van der Waals surface area contributed by atoms with E-state index in [1.54, 1.807) is 24.3 Å². The number of amides is 2. The highest BCUT2D eigenvalue weighted by molar-refractivity contribution is 5.95. The van der Waals surface area contributed by atoms with Gasteiger partial charge in [-0.2, -0.15) is 13.2 Å². The summed E-state index contributed by atoms with van der Waals surface area (Å²) in [4.78, 5) is 23.4. The van der Waals surface area contributed by atoms with Crippen LogP contribution in [0.5, 0.6) is 5.75 Å². The van der Waals surface area contributed by atoms with Gasteiger partial charge in [0, 0.05) is 5.56 Å². The summed E-state index contributed by atoms with van der Waals surface area (Å²) in [5.41, 5.74) is 4.77. The van der Waals surface area contributed by atoms with Crippen LogP contribution in [0.2, 0.25) is 0 Å². The molecule has 5 nitrogen and oxygen atoms in total. The smallest absolute Gasteiger partial charge is 0.416 e. The summed E-state index contributed by atoms with van der Waals surface area (Å²) in [6.45, 7) is 1.32. The number of carbonyl (C=O) groups excluding carboxylic acids is 2. The fourth-order valence-electron chi connectivity index (χ4n) is 1.85. The molecule has 0 unspecified atom stereocenters. The molecule has 0 aliphatic heterocycles. The van der Waals surface area contributed by atoms with E-state index in [0.717, 1.165) is 17.7 Å². The van der Waals surface area contributed by atoms with E-state index in [-0.39, 0.29) is 5.75 Å². The maximum Gasteiger partial charge on any atom is 0.416 e. The quantitative estimate of drug-likeness (QED) is 0.832. The van der Waals surface area contributed by atoms with Crippen LogP contribution in [-0.4, -0.2) is 18.4 Å². The average molecular weight is 352 g/mol. The van der Waals surface area contributed by atoms with Crippen LogP contribution in [0.25, 0.3) is 0 Å². The molecular weight excluding hydrogens is 337 g/mol. The predicted octanol–water partition coefficient (Wildman–Crippen LogP) is 2.85. The lowest BCUT2D eigenvalue weighted by Gasteiger charge is -2.11. The zero-order valence-electron chi connectivity index (χ0n) is 13.2. The van der Waals surface area contributed by atoms with Crippen LogP contribution in [0.4, 0.5) is 13.2 Å². The molecule has 0 saturated carbocycles. The number of hydrogen-bond donors (Lipinski definition) is 2. The Labute approximate surface area is 141 Å². The van der Waals surface area contributed by atoms with Gasteiger partial charge in [0.25, 0.3) is 11.8 Å². The van der Waals surface area contributed by atoms with Crippen LogP contribution in [-0.2, 0) is 11.0 Å². The van der Waals surface area contributed by atoms with E-state index < -0.39 is 30.2 Å². The predicted molar refractivity (Wildman–Crippen MR) is 83.7 cm³/mol. The summed E-state index contributed by atoms with van der Waals surface area (Å²) in [7, 11) is 0. The third-order valence-corrected chi connectivity index (χ3v) is 3.16. The number of hydrazine groups is 1. The Hall–Kier alpha value is -3.03. The van der Waals surface area contributed by atoms with E-state index in [4.69, 9.17) is 4.74 Å². The molecule has 0 radical (unpaired) electrons. The Kier molecular flexibility index (Phi) is 5.63. The molecule has 25 heavy (non-hydrogen) atoms. The van der Waals surface area contributed by atoms with Gasteiger partial charge in [-0.15, -0.1) is 0 Å². The Morgan fingerprint density at radius 2 is 1.72 bits per heavy atom. The van der Waals surface area contributed by atoms with Crippen molar-refractivity contribution in [2.24, 2.45) is 0 Å². The summed E-state index contributed by atoms with van der Waals surface area (Å²) in [6.07, 6.45) is -4.50. The zero-order valence-corrected chi connectivity index (χ0v) is 13.2. The monoisotopic (exact) mass is 352 g/mol. The third kappa shape index (κ3) is 5.52. The summed E-state index contributed by atoms with van der Waals surface area (Å²) >= 11 is 0. The molecule has 8 heteroatoms. The van der Waals surface area contributed by atoms with Gasteiger partial charge in [0.15, 0.2) is 6.61 Å². The second-order valence-corrected chi connectivity index (χ2v) is 5.18. The molecule has 0 spiro atoms. The van der Waals surface area contributed by atoms with E-state index in [1.165, 1.54) is 12.1 Å². The largest absolute Gasteiger partial charge is 0.484 e. The minimum absolute atomic E-state index is 0.102. The second kappa shape index (κ2) is 7.69. The van der Waals surface area contributed by atoms with Crippen LogP contribution in [0.1, 0.15) is 21.5 Å². The molecule has 0 aromatic heterocycles. The maximum atomic E-state index is 12.6. The first-order valence-electron chi connectivity index (χ1n) is 7.21. The molecule has 0 heterocycles. The van der Waals surface area contributed by atoms with E-state index in [9.17, 15) is 22.8 Å². The highest BCUT2D eigenvalue weighted by atomic mass is 19.4. The van der Waals surface area contributed by atoms with Gasteiger partial charge in [-0.05, 0) is 37.3 Å². The van der Waals surface area contributed by atoms with Crippen LogP contribution in [0, 0.1) is 6.92 Å². The van der Waals surface area contributed by atoms with Gasteiger partial charge < -0.3 is 4.74 Å². The van der Waals surface area contributed by atoms with Gasteiger partial charge in [0.1, 0.15) is 5.75 Å². The van der Waals surface area contributed by atoms with E-state index in [1.807, 2.05) is 6.92 Å². The lowest BCUT2D eigenvalue weighted by atomic mass is 10.1. The lowest BCUT2D eigenvalue weighted by molar-refractivity contribution is -0.137. The Morgan fingerprint density at radius 1 is 1.04 bits per heavy atom. The second-order valence-electron chi connectivity index (χ2n) is 5.18. The van der Waals surface area contributed by atoms with Gasteiger partial charge >= 0.3 is 6.18 Å². The molecule has 2 rings (SSSR count). The molecule has 2 N–H and O–H groups in total. The minimum Gasteiger partial charge on any atom is -0.484 e. The fourth-order valence-corrected chi connectivity index (χ4v) is 1.85. The Morgan fingerprint density at radius 3 is 2.36 bits per heavy atom. The number of carbonyl (C=O) groups is 2. The molecule has 2 aromatic carbocycles. The topological polar surface area (TPSA) is 67.4 Å². The number of ether oxygens (including phenoxy) is 1. The molecule has 0 saturated heterocycles. The van der Waals surface area contributed by atoms with Crippen LogP contribution >= 0.6 is 0 Å². The molecule has 0 bridgehead atoms. The first kappa shape index (κ1) is 18.3. The first-order chi connectivity index (χ1) is 11.8. The van der Waals surface area contributed by atoms with Crippen molar-refractivity contribution in [1.82, 2.24) is 10.9 Å². The lowest BCUT2D eigenvalue weighted by Crippen LogP contribution is -2.43. The Balaban J connectivity index is 1.83. The highest BCUT2D eigenvalue weighted by Crippen LogP contribution is 2.31. The number of halogens is 3. The number of alkyl halides is 3. The summed E-state index contributed by atoms with van der Waals surface area (Å²) in [6, 6.07) is 10.8. The van der Waals surface area contributed by atoms with Crippen molar-refractivity contribution in [3.05, 3.63) is 65.2 Å². The molecular formula is C17H15F3N2O3. The molecule has 2 amide bonds. The SMILES string of the molecule is Cc1ccc(C(=O)NNC(=O)COc2cccc(C(F)(F)F)c2)cc1. The van der Waals surface area contributed by atoms with Crippen LogP contribution < -0.4 is 15.6 Å². The third-order valence-electron chi connectivity index (χ3n) is 3.16. The summed E-state index contributed by atoms with van der Waals surface area (Å²) in [5, 5.41) is 0. The minimum atomic E-state index is -4.50. The summed E-state index contributed by atoms with van der Waals surface area (Å²) < 4.78 is 42.7. The first-order valence-corrected chi connectivity index (χ1v) is 7.21. The van der Waals surface area contributed by atoms with Gasteiger partial charge in [-0.3, -0.25) is 20.4 Å². The van der Waals surface area contributed by atoms with Crippen molar-refractivity contribution in [2.45, 2.75) is 13.1 Å². The standard InChI is InChI=1S/C17H15F3N2O3/c1-11-5-7-12(8-6-11)16(24)22-21-15(23)10-25-14-4-2-3-13(9-14)17(18,19)20/h2-9H,10H2,1H3,(H,21,23)(H,22,24). The number of aryl methyl sites for hydroxylation is 1. The van der Waals surface area contributed by atoms with Crippen molar-refractivity contribution in [3.8, 4) is 5.75 Å². The van der Waals surface area contributed by atoms with Crippen LogP contribution in [0.3, 0.4) is 0 Å². The van der Waals surface area contributed by atoms with Crippen molar-refractivity contribution in [2.75, 3.05) is 6.61 Å². The number of rotatable bonds is 4. The maximum absolute atomic E-state index is 12.6. The molecule has 0 fully saturated rings. The van der Waals surface area contributed by atoms with Crippen molar-refractivity contribution in [3.63, 3.8) is 0 Å². The normalized spacial score (nSPS) is 10.9. The van der Waals surface area contributed by atoms with Gasteiger partial charge in [-0.25, -0.2) is 0 Å². The van der Waals surface area contributed by atoms with Gasteiger partial charge in [0.05, 0.1) is 5.56 Å². The van der Waals surface area contributed by atoms with Gasteiger partial charge in [-0.1, -0.05) is 23.8 Å². The van der Waals surface area contributed by atoms with Crippen molar-refractivity contribution < 1.29 is 27.5 Å². The number of hydrogen-bond acceptors (Lipinski definition) is 3. The van der Waals surface area contributed by atoms with Gasteiger partial charge in [0.2, 0.25) is 0 Å². The fraction of sp³-hybridized carbons (Fsp3) is 0.176. The highest BCUT2D eigenvalue weighted by Gasteiger charge is 2.30. The number of nitrogens with one attached hydrogen (secondary N) is 2. The average Bonchev–Trinajstić information content (AvgIpc) is 2.58. The van der Waals surface area contributed by atoms with E-state index >= 15 is 0 Å². The molecule has 0 aliphatic carbocycles. The zero-order chi connectivity index (χ0) is 18.4. The molecule has 132 valence electrons.